The number of imidazole rings is 1. The molecule has 3 aromatic heterocycles. The zero-order valence-corrected chi connectivity index (χ0v) is 14.8. The third kappa shape index (κ3) is 3.12. The van der Waals surface area contributed by atoms with Gasteiger partial charge in [0.05, 0.1) is 22.5 Å². The molecular formula is C19H16N6O2. The first-order chi connectivity index (χ1) is 13.0. The van der Waals surface area contributed by atoms with Gasteiger partial charge in [-0.3, -0.25) is 14.5 Å². The predicted molar refractivity (Wildman–Crippen MR) is 100 cm³/mol. The van der Waals surface area contributed by atoms with E-state index in [1.807, 2.05) is 16.7 Å². The summed E-state index contributed by atoms with van der Waals surface area (Å²) in [6, 6.07) is 10.0. The number of rotatable bonds is 4. The number of aromatic nitrogens is 5. The minimum absolute atomic E-state index is 0.00159. The Kier molecular flexibility index (Phi) is 4.08. The van der Waals surface area contributed by atoms with Crippen LogP contribution in [-0.2, 0) is 0 Å². The van der Waals surface area contributed by atoms with E-state index in [4.69, 9.17) is 0 Å². The van der Waals surface area contributed by atoms with Gasteiger partial charge in [0, 0.05) is 35.8 Å². The first-order valence-electron chi connectivity index (χ1n) is 8.45. The molecule has 0 N–H and O–H groups in total. The van der Waals surface area contributed by atoms with Gasteiger partial charge >= 0.3 is 0 Å². The van der Waals surface area contributed by atoms with Gasteiger partial charge in [0.25, 0.3) is 5.69 Å². The van der Waals surface area contributed by atoms with Gasteiger partial charge in [-0.05, 0) is 18.1 Å². The van der Waals surface area contributed by atoms with Gasteiger partial charge < -0.3 is 0 Å². The van der Waals surface area contributed by atoms with Crippen molar-refractivity contribution in [3.8, 4) is 22.8 Å². The van der Waals surface area contributed by atoms with E-state index in [1.165, 1.54) is 12.1 Å². The average molecular weight is 360 g/mol. The molecule has 0 amide bonds. The van der Waals surface area contributed by atoms with Gasteiger partial charge in [0.2, 0.25) is 5.78 Å². The van der Waals surface area contributed by atoms with Crippen LogP contribution in [0.25, 0.3) is 28.6 Å². The molecule has 0 unspecified atom stereocenters. The van der Waals surface area contributed by atoms with Crippen LogP contribution in [0.4, 0.5) is 5.69 Å². The van der Waals surface area contributed by atoms with Crippen LogP contribution in [0, 0.1) is 10.1 Å². The summed E-state index contributed by atoms with van der Waals surface area (Å²) in [6.07, 6.45) is 5.27. The first-order valence-corrected chi connectivity index (χ1v) is 8.45. The van der Waals surface area contributed by atoms with Crippen molar-refractivity contribution in [3.05, 3.63) is 70.8 Å². The number of hydrogen-bond donors (Lipinski definition) is 0. The van der Waals surface area contributed by atoms with Gasteiger partial charge in [0.15, 0.2) is 5.82 Å². The average Bonchev–Trinajstić information content (AvgIpc) is 3.11. The quantitative estimate of drug-likeness (QED) is 0.404. The Morgan fingerprint density at radius 3 is 2.74 bits per heavy atom. The predicted octanol–water partition coefficient (Wildman–Crippen LogP) is 3.88. The Morgan fingerprint density at radius 2 is 1.96 bits per heavy atom. The number of nitro benzene ring substituents is 1. The van der Waals surface area contributed by atoms with Gasteiger partial charge in [-0.15, -0.1) is 0 Å². The fourth-order valence-electron chi connectivity index (χ4n) is 2.79. The highest BCUT2D eigenvalue weighted by Gasteiger charge is 2.13. The lowest BCUT2D eigenvalue weighted by Crippen LogP contribution is -1.99. The number of benzene rings is 1. The Morgan fingerprint density at radius 1 is 1.11 bits per heavy atom. The van der Waals surface area contributed by atoms with Gasteiger partial charge in [-0.1, -0.05) is 26.0 Å². The monoisotopic (exact) mass is 360 g/mol. The first kappa shape index (κ1) is 16.8. The summed E-state index contributed by atoms with van der Waals surface area (Å²) in [5, 5.41) is 11.0. The second-order valence-corrected chi connectivity index (χ2v) is 6.39. The molecule has 0 aliphatic rings. The van der Waals surface area contributed by atoms with E-state index in [9.17, 15) is 10.1 Å². The number of nitrogens with zero attached hydrogens (tertiary/aromatic N) is 6. The molecule has 4 aromatic rings. The van der Waals surface area contributed by atoms with Crippen molar-refractivity contribution in [2.45, 2.75) is 19.8 Å². The Hall–Kier alpha value is -3.68. The lowest BCUT2D eigenvalue weighted by molar-refractivity contribution is -0.384. The van der Waals surface area contributed by atoms with Crippen LogP contribution in [0.3, 0.4) is 0 Å². The molecule has 0 saturated carbocycles. The molecule has 3 heterocycles. The summed E-state index contributed by atoms with van der Waals surface area (Å²) in [5.41, 5.74) is 3.00. The molecule has 1 aromatic carbocycles. The highest BCUT2D eigenvalue weighted by molar-refractivity contribution is 5.64. The standard InChI is InChI=1S/C19H16N6O2/c1-12(2)15-7-9-24-17(11-21-19(24)23-15)16-6-8-20-18(22-16)13-4-3-5-14(10-13)25(26)27/h3-12H,1-2H3. The minimum atomic E-state index is -0.435. The molecule has 0 fully saturated rings. The van der Waals surface area contributed by atoms with Crippen LogP contribution in [0.2, 0.25) is 0 Å². The van der Waals surface area contributed by atoms with E-state index in [0.717, 1.165) is 11.4 Å². The van der Waals surface area contributed by atoms with E-state index < -0.39 is 4.92 Å². The molecule has 0 aliphatic heterocycles. The smallest absolute Gasteiger partial charge is 0.270 e. The van der Waals surface area contributed by atoms with E-state index >= 15 is 0 Å². The summed E-state index contributed by atoms with van der Waals surface area (Å²) >= 11 is 0. The molecule has 0 bridgehead atoms. The second kappa shape index (κ2) is 6.56. The zero-order chi connectivity index (χ0) is 19.0. The number of non-ortho nitro benzene ring substituents is 1. The molecule has 0 aliphatic carbocycles. The normalized spacial score (nSPS) is 11.2. The van der Waals surface area contributed by atoms with E-state index in [0.29, 0.717) is 28.8 Å². The summed E-state index contributed by atoms with van der Waals surface area (Å²) in [7, 11) is 0. The lowest BCUT2D eigenvalue weighted by Gasteiger charge is -2.06. The van der Waals surface area contributed by atoms with Crippen LogP contribution in [0.1, 0.15) is 25.5 Å². The Balaban J connectivity index is 1.78. The molecule has 0 spiro atoms. The molecule has 27 heavy (non-hydrogen) atoms. The molecule has 4 rings (SSSR count). The van der Waals surface area contributed by atoms with Gasteiger partial charge in [-0.25, -0.2) is 19.9 Å². The van der Waals surface area contributed by atoms with Crippen LogP contribution in [0.15, 0.2) is 55.0 Å². The van der Waals surface area contributed by atoms with Crippen molar-refractivity contribution in [2.24, 2.45) is 0 Å². The highest BCUT2D eigenvalue weighted by Crippen LogP contribution is 2.24. The second-order valence-electron chi connectivity index (χ2n) is 6.39. The fraction of sp³-hybridized carbons (Fsp3) is 0.158. The lowest BCUT2D eigenvalue weighted by atomic mass is 10.1. The fourth-order valence-corrected chi connectivity index (χ4v) is 2.79. The minimum Gasteiger partial charge on any atom is -0.282 e. The maximum Gasteiger partial charge on any atom is 0.270 e. The van der Waals surface area contributed by atoms with Crippen molar-refractivity contribution in [1.82, 2.24) is 24.3 Å². The van der Waals surface area contributed by atoms with Crippen molar-refractivity contribution in [3.63, 3.8) is 0 Å². The van der Waals surface area contributed by atoms with E-state index in [2.05, 4.69) is 33.8 Å². The molecule has 0 radical (unpaired) electrons. The Bertz CT molecular complexity index is 1150. The van der Waals surface area contributed by atoms with Crippen molar-refractivity contribution in [1.29, 1.82) is 0 Å². The zero-order valence-electron chi connectivity index (χ0n) is 14.8. The van der Waals surface area contributed by atoms with Crippen LogP contribution >= 0.6 is 0 Å². The third-order valence-electron chi connectivity index (χ3n) is 4.23. The molecule has 134 valence electrons. The number of hydrogen-bond acceptors (Lipinski definition) is 6. The molecule has 0 saturated heterocycles. The third-order valence-corrected chi connectivity index (χ3v) is 4.23. The SMILES string of the molecule is CC(C)c1ccn2c(-c3ccnc(-c4cccc([N+](=O)[O-])c4)n3)cnc2n1. The van der Waals surface area contributed by atoms with Gasteiger partial charge in [0.1, 0.15) is 0 Å². The highest BCUT2D eigenvalue weighted by atomic mass is 16.6. The summed E-state index contributed by atoms with van der Waals surface area (Å²) in [6.45, 7) is 4.16. The van der Waals surface area contributed by atoms with Crippen molar-refractivity contribution < 1.29 is 4.92 Å². The molecule has 8 nitrogen and oxygen atoms in total. The maximum absolute atomic E-state index is 11.0. The molecular weight excluding hydrogens is 344 g/mol. The van der Waals surface area contributed by atoms with E-state index in [-0.39, 0.29) is 5.69 Å². The molecule has 8 heteroatoms. The largest absolute Gasteiger partial charge is 0.282 e. The topological polar surface area (TPSA) is 99.1 Å². The van der Waals surface area contributed by atoms with Gasteiger partial charge in [-0.2, -0.15) is 0 Å². The van der Waals surface area contributed by atoms with Crippen molar-refractivity contribution in [2.75, 3.05) is 0 Å². The number of fused-ring (bicyclic) bond motifs is 1. The van der Waals surface area contributed by atoms with Crippen LogP contribution in [0.5, 0.6) is 0 Å². The van der Waals surface area contributed by atoms with Crippen LogP contribution < -0.4 is 0 Å². The summed E-state index contributed by atoms with van der Waals surface area (Å²) < 4.78 is 1.87. The van der Waals surface area contributed by atoms with Crippen LogP contribution in [-0.4, -0.2) is 29.3 Å². The summed E-state index contributed by atoms with van der Waals surface area (Å²) in [5.74, 6) is 1.33. The number of nitro groups is 1. The molecule has 0 atom stereocenters. The summed E-state index contributed by atoms with van der Waals surface area (Å²) in [4.78, 5) is 28.3. The van der Waals surface area contributed by atoms with Crippen molar-refractivity contribution >= 4 is 11.5 Å². The maximum atomic E-state index is 11.0. The van der Waals surface area contributed by atoms with E-state index in [1.54, 1.807) is 30.6 Å². The Labute approximate surface area is 154 Å².